The number of aryl methyl sites for hydroxylation is 3. The zero-order valence-corrected chi connectivity index (χ0v) is 23.8. The Kier molecular flexibility index (Phi) is 9.12. The summed E-state index contributed by atoms with van der Waals surface area (Å²) in [6, 6.07) is 13.3. The van der Waals surface area contributed by atoms with Crippen LogP contribution in [0.3, 0.4) is 0 Å². The minimum absolute atomic E-state index is 0.125. The van der Waals surface area contributed by atoms with Crippen molar-refractivity contribution in [2.45, 2.75) is 66.0 Å². The highest BCUT2D eigenvalue weighted by molar-refractivity contribution is 6.31. The van der Waals surface area contributed by atoms with Gasteiger partial charge in [-0.1, -0.05) is 29.8 Å². The zero-order chi connectivity index (χ0) is 28.1. The van der Waals surface area contributed by atoms with Gasteiger partial charge in [0.05, 0.1) is 12.2 Å². The summed E-state index contributed by atoms with van der Waals surface area (Å²) in [6.07, 6.45) is 3.17. The summed E-state index contributed by atoms with van der Waals surface area (Å²) in [6.45, 7) is 8.94. The first-order chi connectivity index (χ1) is 18.7. The van der Waals surface area contributed by atoms with Crippen molar-refractivity contribution >= 4 is 29.2 Å². The number of pyridine rings is 1. The summed E-state index contributed by atoms with van der Waals surface area (Å²) < 4.78 is 5.54. The van der Waals surface area contributed by atoms with Crippen LogP contribution in [0, 0.1) is 20.8 Å². The second kappa shape index (κ2) is 12.5. The van der Waals surface area contributed by atoms with Crippen LogP contribution >= 0.6 is 11.6 Å². The van der Waals surface area contributed by atoms with E-state index in [1.54, 1.807) is 6.07 Å². The molecule has 2 aromatic carbocycles. The average Bonchev–Trinajstić information content (AvgIpc) is 2.90. The van der Waals surface area contributed by atoms with E-state index in [1.807, 2.05) is 57.2 Å². The van der Waals surface area contributed by atoms with Gasteiger partial charge in [-0.05, 0) is 94.3 Å². The molecule has 206 valence electrons. The van der Waals surface area contributed by atoms with Crippen molar-refractivity contribution in [3.8, 4) is 0 Å². The van der Waals surface area contributed by atoms with Crippen LogP contribution in [0.1, 0.15) is 74.8 Å². The standard InChI is InChI=1S/C31H36ClN3O4/c1-5-35(24-10-8-14-39-31(38)25-11-7-6-9-22(25)12-13-24)28-17-23(32)16-26(21(28)4)29(36)33-18-27-19(2)15-20(3)34-30(27)37/h6-7,9,11,15-17,24H,5,8,10,12-14,18H2,1-4H3,(H,33,36)(H,34,37). The molecular formula is C31H36ClN3O4. The number of fused-ring (bicyclic) bond motifs is 1. The van der Waals surface area contributed by atoms with Crippen molar-refractivity contribution in [2.24, 2.45) is 0 Å². The molecule has 0 radical (unpaired) electrons. The quantitative estimate of drug-likeness (QED) is 0.387. The van der Waals surface area contributed by atoms with Crippen molar-refractivity contribution in [1.29, 1.82) is 0 Å². The molecule has 2 N–H and O–H groups in total. The van der Waals surface area contributed by atoms with Crippen LogP contribution in [0.4, 0.5) is 5.69 Å². The summed E-state index contributed by atoms with van der Waals surface area (Å²) in [4.78, 5) is 43.3. The number of aromatic nitrogens is 1. The van der Waals surface area contributed by atoms with Crippen LogP contribution in [0.5, 0.6) is 0 Å². The molecule has 1 unspecified atom stereocenters. The number of carbonyl (C=O) groups is 2. The number of cyclic esters (lactones) is 1. The maximum atomic E-state index is 13.3. The van der Waals surface area contributed by atoms with E-state index in [0.29, 0.717) is 28.3 Å². The first kappa shape index (κ1) is 28.4. The molecule has 0 bridgehead atoms. The van der Waals surface area contributed by atoms with Crippen molar-refractivity contribution in [2.75, 3.05) is 18.1 Å². The highest BCUT2D eigenvalue weighted by Gasteiger charge is 2.25. The fourth-order valence-electron chi connectivity index (χ4n) is 5.47. The van der Waals surface area contributed by atoms with Gasteiger partial charge >= 0.3 is 5.97 Å². The van der Waals surface area contributed by atoms with Gasteiger partial charge in [0, 0.05) is 46.7 Å². The Bertz CT molecular complexity index is 1430. The number of nitrogens with zero attached hydrogens (tertiary/aromatic N) is 1. The lowest BCUT2D eigenvalue weighted by Gasteiger charge is -2.35. The lowest BCUT2D eigenvalue weighted by atomic mass is 9.95. The molecule has 0 aliphatic carbocycles. The Hall–Kier alpha value is -3.58. The zero-order valence-electron chi connectivity index (χ0n) is 23.0. The molecule has 2 heterocycles. The van der Waals surface area contributed by atoms with Crippen molar-refractivity contribution in [1.82, 2.24) is 10.3 Å². The van der Waals surface area contributed by atoms with E-state index in [4.69, 9.17) is 16.3 Å². The number of hydrogen-bond donors (Lipinski definition) is 2. The number of H-pyrrole nitrogens is 1. The van der Waals surface area contributed by atoms with Crippen molar-refractivity contribution in [3.05, 3.63) is 96.9 Å². The summed E-state index contributed by atoms with van der Waals surface area (Å²) in [5.74, 6) is -0.543. The third kappa shape index (κ3) is 6.53. The molecule has 4 rings (SSSR count). The Morgan fingerprint density at radius 3 is 2.64 bits per heavy atom. The van der Waals surface area contributed by atoms with Crippen LogP contribution < -0.4 is 15.8 Å². The minimum Gasteiger partial charge on any atom is -0.462 e. The molecule has 7 nitrogen and oxygen atoms in total. The topological polar surface area (TPSA) is 91.5 Å². The first-order valence-electron chi connectivity index (χ1n) is 13.5. The molecule has 0 fully saturated rings. The number of nitrogens with one attached hydrogen (secondary N) is 2. The largest absolute Gasteiger partial charge is 0.462 e. The molecule has 8 heteroatoms. The summed E-state index contributed by atoms with van der Waals surface area (Å²) >= 11 is 6.56. The number of benzene rings is 2. The maximum absolute atomic E-state index is 13.3. The molecule has 1 aromatic heterocycles. The van der Waals surface area contributed by atoms with E-state index in [-0.39, 0.29) is 30.0 Å². The van der Waals surface area contributed by atoms with Crippen molar-refractivity contribution < 1.29 is 14.3 Å². The van der Waals surface area contributed by atoms with E-state index >= 15 is 0 Å². The van der Waals surface area contributed by atoms with E-state index in [0.717, 1.165) is 60.3 Å². The Balaban J connectivity index is 1.59. The number of esters is 1. The van der Waals surface area contributed by atoms with E-state index in [2.05, 4.69) is 22.1 Å². The number of hydrogen-bond acceptors (Lipinski definition) is 5. The van der Waals surface area contributed by atoms with Gasteiger partial charge in [-0.3, -0.25) is 9.59 Å². The lowest BCUT2D eigenvalue weighted by Crippen LogP contribution is -2.37. The maximum Gasteiger partial charge on any atom is 0.338 e. The van der Waals surface area contributed by atoms with Crippen LogP contribution in [0.25, 0.3) is 0 Å². The Labute approximate surface area is 234 Å². The molecule has 3 aromatic rings. The predicted molar refractivity (Wildman–Crippen MR) is 155 cm³/mol. The van der Waals surface area contributed by atoms with Gasteiger partial charge < -0.3 is 19.9 Å². The molecule has 39 heavy (non-hydrogen) atoms. The molecule has 0 saturated heterocycles. The van der Waals surface area contributed by atoms with E-state index in [9.17, 15) is 14.4 Å². The van der Waals surface area contributed by atoms with E-state index < -0.39 is 0 Å². The smallest absolute Gasteiger partial charge is 0.338 e. The van der Waals surface area contributed by atoms with Crippen molar-refractivity contribution in [3.63, 3.8) is 0 Å². The Morgan fingerprint density at radius 2 is 1.90 bits per heavy atom. The molecule has 1 amide bonds. The second-order valence-electron chi connectivity index (χ2n) is 10.1. The van der Waals surface area contributed by atoms with Crippen LogP contribution in [0.2, 0.25) is 5.02 Å². The van der Waals surface area contributed by atoms with Gasteiger partial charge in [0.1, 0.15) is 0 Å². The number of rotatable bonds is 6. The summed E-state index contributed by atoms with van der Waals surface area (Å²) in [5, 5.41) is 3.39. The molecule has 1 aliphatic heterocycles. The van der Waals surface area contributed by atoms with Gasteiger partial charge in [-0.15, -0.1) is 0 Å². The molecule has 1 atom stereocenters. The minimum atomic E-state index is -0.279. The highest BCUT2D eigenvalue weighted by atomic mass is 35.5. The molecule has 0 spiro atoms. The number of halogens is 1. The monoisotopic (exact) mass is 549 g/mol. The number of amides is 1. The van der Waals surface area contributed by atoms with Gasteiger partial charge in [-0.2, -0.15) is 0 Å². The van der Waals surface area contributed by atoms with Crippen LogP contribution in [0.15, 0.2) is 47.3 Å². The second-order valence-corrected chi connectivity index (χ2v) is 10.6. The molecule has 0 saturated carbocycles. The Morgan fingerprint density at radius 1 is 1.13 bits per heavy atom. The fraction of sp³-hybridized carbons (Fsp3) is 0.387. The van der Waals surface area contributed by atoms with Gasteiger partial charge in [0.2, 0.25) is 0 Å². The summed E-state index contributed by atoms with van der Waals surface area (Å²) in [5.41, 5.74) is 5.78. The number of anilines is 1. The predicted octanol–water partition coefficient (Wildman–Crippen LogP) is 5.66. The van der Waals surface area contributed by atoms with Gasteiger partial charge in [-0.25, -0.2) is 4.79 Å². The third-order valence-electron chi connectivity index (χ3n) is 7.50. The highest BCUT2D eigenvalue weighted by Crippen LogP contribution is 2.32. The SMILES string of the molecule is CCN(c1cc(Cl)cc(C(=O)NCc2c(C)cc(C)[nH]c2=O)c1C)C1CCCOC(=O)c2ccccc2CC1. The first-order valence-corrected chi connectivity index (χ1v) is 13.9. The van der Waals surface area contributed by atoms with E-state index in [1.165, 1.54) is 0 Å². The number of aromatic amines is 1. The lowest BCUT2D eigenvalue weighted by molar-refractivity contribution is 0.0492. The fourth-order valence-corrected chi connectivity index (χ4v) is 5.68. The summed E-state index contributed by atoms with van der Waals surface area (Å²) in [7, 11) is 0. The van der Waals surface area contributed by atoms with Crippen LogP contribution in [-0.4, -0.2) is 36.1 Å². The van der Waals surface area contributed by atoms with Gasteiger partial charge in [0.15, 0.2) is 0 Å². The molecule has 1 aliphatic rings. The van der Waals surface area contributed by atoms with Crippen LogP contribution in [-0.2, 0) is 17.7 Å². The third-order valence-corrected chi connectivity index (χ3v) is 7.72. The number of carbonyl (C=O) groups excluding carboxylic acids is 2. The molecular weight excluding hydrogens is 514 g/mol. The van der Waals surface area contributed by atoms with Gasteiger partial charge in [0.25, 0.3) is 11.5 Å². The average molecular weight is 550 g/mol. The normalized spacial score (nSPS) is 15.7. The number of ether oxygens (including phenoxy) is 1.